The minimum Gasteiger partial charge on any atom is -0.451 e. The van der Waals surface area contributed by atoms with E-state index in [1.165, 1.54) is 6.42 Å². The molecule has 28 heavy (non-hydrogen) atoms. The van der Waals surface area contributed by atoms with Crippen LogP contribution in [-0.4, -0.2) is 29.1 Å². The Morgan fingerprint density at radius 1 is 1.11 bits per heavy atom. The zero-order valence-electron chi connectivity index (χ0n) is 15.7. The highest BCUT2D eigenvalue weighted by atomic mass is 32.1. The molecule has 0 radical (unpaired) electrons. The SMILES string of the molecule is O=C(COC(=O)c1cc2sccc2n1Cc1ccccc1)NC1CCCCC1. The fourth-order valence-corrected chi connectivity index (χ4v) is 4.63. The van der Waals surface area contributed by atoms with Gasteiger partial charge in [0.1, 0.15) is 5.69 Å². The van der Waals surface area contributed by atoms with Gasteiger partial charge in [0.15, 0.2) is 6.61 Å². The number of fused-ring (bicyclic) bond motifs is 1. The van der Waals surface area contributed by atoms with Crippen LogP contribution in [0.2, 0.25) is 0 Å². The first-order chi connectivity index (χ1) is 13.7. The molecule has 1 saturated carbocycles. The van der Waals surface area contributed by atoms with E-state index in [0.29, 0.717) is 12.2 Å². The van der Waals surface area contributed by atoms with Gasteiger partial charge in [-0.2, -0.15) is 0 Å². The predicted octanol–water partition coefficient (Wildman–Crippen LogP) is 4.36. The number of esters is 1. The van der Waals surface area contributed by atoms with Gasteiger partial charge in [0.25, 0.3) is 5.91 Å². The van der Waals surface area contributed by atoms with E-state index in [2.05, 4.69) is 5.32 Å². The van der Waals surface area contributed by atoms with Gasteiger partial charge in [-0.15, -0.1) is 11.3 Å². The van der Waals surface area contributed by atoms with Crippen molar-refractivity contribution in [3.05, 3.63) is 59.1 Å². The van der Waals surface area contributed by atoms with Gasteiger partial charge in [-0.25, -0.2) is 4.79 Å². The van der Waals surface area contributed by atoms with Gasteiger partial charge in [0, 0.05) is 12.6 Å². The van der Waals surface area contributed by atoms with Crippen molar-refractivity contribution in [3.8, 4) is 0 Å². The van der Waals surface area contributed by atoms with Crippen LogP contribution in [0.4, 0.5) is 0 Å². The number of carbonyl (C=O) groups is 2. The number of hydrogen-bond acceptors (Lipinski definition) is 4. The summed E-state index contributed by atoms with van der Waals surface area (Å²) in [6, 6.07) is 14.1. The minimum atomic E-state index is -0.460. The molecule has 3 aromatic rings. The van der Waals surface area contributed by atoms with Crippen LogP contribution in [0.25, 0.3) is 10.2 Å². The number of ether oxygens (including phenoxy) is 1. The van der Waals surface area contributed by atoms with Crippen molar-refractivity contribution in [1.82, 2.24) is 9.88 Å². The summed E-state index contributed by atoms with van der Waals surface area (Å²) in [6.07, 6.45) is 5.55. The molecule has 0 atom stereocenters. The fraction of sp³-hybridized carbons (Fsp3) is 0.364. The number of rotatable bonds is 6. The van der Waals surface area contributed by atoms with Gasteiger partial charge in [-0.05, 0) is 35.9 Å². The Bertz CT molecular complexity index is 955. The molecule has 2 aromatic heterocycles. The second-order valence-electron chi connectivity index (χ2n) is 7.25. The van der Waals surface area contributed by atoms with Crippen LogP contribution >= 0.6 is 11.3 Å². The first kappa shape index (κ1) is 18.7. The quantitative estimate of drug-likeness (QED) is 0.630. The molecule has 0 saturated heterocycles. The molecular weight excluding hydrogens is 372 g/mol. The van der Waals surface area contributed by atoms with Crippen molar-refractivity contribution >= 4 is 33.4 Å². The number of nitrogens with one attached hydrogen (secondary N) is 1. The Labute approximate surface area is 168 Å². The Kier molecular flexibility index (Phi) is 5.76. The van der Waals surface area contributed by atoms with Crippen LogP contribution in [-0.2, 0) is 16.1 Å². The number of benzene rings is 1. The van der Waals surface area contributed by atoms with E-state index in [0.717, 1.165) is 41.5 Å². The van der Waals surface area contributed by atoms with Crippen molar-refractivity contribution in [3.63, 3.8) is 0 Å². The number of hydrogen-bond donors (Lipinski definition) is 1. The lowest BCUT2D eigenvalue weighted by molar-refractivity contribution is -0.125. The van der Waals surface area contributed by atoms with Gasteiger partial charge in [0.05, 0.1) is 10.2 Å². The Balaban J connectivity index is 1.44. The third kappa shape index (κ3) is 4.28. The van der Waals surface area contributed by atoms with Crippen molar-refractivity contribution < 1.29 is 14.3 Å². The molecule has 0 unspecified atom stereocenters. The first-order valence-electron chi connectivity index (χ1n) is 9.78. The molecule has 1 aromatic carbocycles. The summed E-state index contributed by atoms with van der Waals surface area (Å²) in [5.41, 5.74) is 2.60. The van der Waals surface area contributed by atoms with Crippen LogP contribution in [0.3, 0.4) is 0 Å². The summed E-state index contributed by atoms with van der Waals surface area (Å²) in [4.78, 5) is 24.9. The maximum atomic E-state index is 12.7. The van der Waals surface area contributed by atoms with Gasteiger partial charge in [-0.3, -0.25) is 4.79 Å². The molecule has 1 aliphatic rings. The lowest BCUT2D eigenvalue weighted by atomic mass is 9.95. The highest BCUT2D eigenvalue weighted by Crippen LogP contribution is 2.27. The normalized spacial score (nSPS) is 14.9. The van der Waals surface area contributed by atoms with E-state index >= 15 is 0 Å². The highest BCUT2D eigenvalue weighted by molar-refractivity contribution is 7.17. The molecular formula is C22H24N2O3S. The lowest BCUT2D eigenvalue weighted by Crippen LogP contribution is -2.38. The third-order valence-electron chi connectivity index (χ3n) is 5.22. The molecule has 1 N–H and O–H groups in total. The Morgan fingerprint density at radius 3 is 2.68 bits per heavy atom. The number of thiophene rings is 1. The molecule has 4 rings (SSSR count). The lowest BCUT2D eigenvalue weighted by Gasteiger charge is -2.22. The van der Waals surface area contributed by atoms with Crippen molar-refractivity contribution in [2.45, 2.75) is 44.7 Å². The topological polar surface area (TPSA) is 60.3 Å². The zero-order chi connectivity index (χ0) is 19.3. The number of nitrogens with zero attached hydrogens (tertiary/aromatic N) is 1. The molecule has 1 amide bonds. The number of aromatic nitrogens is 1. The first-order valence-corrected chi connectivity index (χ1v) is 10.7. The van der Waals surface area contributed by atoms with Gasteiger partial charge < -0.3 is 14.6 Å². The zero-order valence-corrected chi connectivity index (χ0v) is 16.5. The minimum absolute atomic E-state index is 0.215. The Hall–Kier alpha value is -2.60. The van der Waals surface area contributed by atoms with Crippen LogP contribution in [0.5, 0.6) is 0 Å². The Morgan fingerprint density at radius 2 is 1.89 bits per heavy atom. The van der Waals surface area contributed by atoms with Crippen molar-refractivity contribution in [1.29, 1.82) is 0 Å². The number of carbonyl (C=O) groups excluding carboxylic acids is 2. The molecule has 6 heteroatoms. The molecule has 0 bridgehead atoms. The fourth-order valence-electron chi connectivity index (χ4n) is 3.80. The smallest absolute Gasteiger partial charge is 0.355 e. The van der Waals surface area contributed by atoms with Crippen LogP contribution in [0, 0.1) is 0 Å². The average Bonchev–Trinajstić information content (AvgIpc) is 3.30. The molecule has 0 aliphatic heterocycles. The second-order valence-corrected chi connectivity index (χ2v) is 8.20. The largest absolute Gasteiger partial charge is 0.451 e. The summed E-state index contributed by atoms with van der Waals surface area (Å²) in [6.45, 7) is 0.347. The van der Waals surface area contributed by atoms with Crippen molar-refractivity contribution in [2.75, 3.05) is 6.61 Å². The summed E-state index contributed by atoms with van der Waals surface area (Å²) in [7, 11) is 0. The van der Waals surface area contributed by atoms with Crippen LogP contribution < -0.4 is 5.32 Å². The van der Waals surface area contributed by atoms with Crippen LogP contribution in [0.1, 0.15) is 48.2 Å². The monoisotopic (exact) mass is 396 g/mol. The molecule has 1 aliphatic carbocycles. The molecule has 0 spiro atoms. The number of amides is 1. The van der Waals surface area contributed by atoms with E-state index < -0.39 is 5.97 Å². The maximum absolute atomic E-state index is 12.7. The van der Waals surface area contributed by atoms with Crippen molar-refractivity contribution in [2.24, 2.45) is 0 Å². The summed E-state index contributed by atoms with van der Waals surface area (Å²) in [5.74, 6) is -0.679. The van der Waals surface area contributed by atoms with E-state index in [1.807, 2.05) is 52.4 Å². The summed E-state index contributed by atoms with van der Waals surface area (Å²) >= 11 is 1.59. The van der Waals surface area contributed by atoms with Crippen LogP contribution in [0.15, 0.2) is 47.8 Å². The summed E-state index contributed by atoms with van der Waals surface area (Å²) in [5, 5.41) is 4.99. The second kappa shape index (κ2) is 8.61. The average molecular weight is 397 g/mol. The standard InChI is InChI=1S/C22H24N2O3S/c25-21(23-17-9-5-2-6-10-17)15-27-22(26)19-13-20-18(11-12-28-20)24(19)14-16-7-3-1-4-8-16/h1,3-4,7-8,11-13,17H,2,5-6,9-10,14-15H2,(H,23,25). The van der Waals surface area contributed by atoms with E-state index in [4.69, 9.17) is 4.74 Å². The molecule has 2 heterocycles. The molecule has 5 nitrogen and oxygen atoms in total. The summed E-state index contributed by atoms with van der Waals surface area (Å²) < 4.78 is 8.34. The van der Waals surface area contributed by atoms with E-state index in [9.17, 15) is 9.59 Å². The molecule has 146 valence electrons. The van der Waals surface area contributed by atoms with Gasteiger partial charge in [0.2, 0.25) is 0 Å². The van der Waals surface area contributed by atoms with Gasteiger partial charge in [-0.1, -0.05) is 49.6 Å². The maximum Gasteiger partial charge on any atom is 0.355 e. The van der Waals surface area contributed by atoms with E-state index in [-0.39, 0.29) is 18.6 Å². The molecule has 1 fully saturated rings. The van der Waals surface area contributed by atoms with E-state index in [1.54, 1.807) is 11.3 Å². The highest BCUT2D eigenvalue weighted by Gasteiger charge is 2.20. The van der Waals surface area contributed by atoms with Gasteiger partial charge >= 0.3 is 5.97 Å². The predicted molar refractivity (Wildman–Crippen MR) is 111 cm³/mol. The third-order valence-corrected chi connectivity index (χ3v) is 6.07.